The van der Waals surface area contributed by atoms with E-state index in [9.17, 15) is 19.5 Å². The van der Waals surface area contributed by atoms with E-state index in [-0.39, 0.29) is 30.6 Å². The minimum absolute atomic E-state index is 0.0270. The number of Topliss-reactive ketones (excluding diaryl/α,β-unsaturated/α-hetero) is 1. The van der Waals surface area contributed by atoms with Gasteiger partial charge in [0, 0.05) is 26.7 Å². The first-order valence-electron chi connectivity index (χ1n) is 15.9. The number of rotatable bonds is 10. The normalized spacial score (nSPS) is 35.3. The number of likely N-dealkylation sites (tertiary alicyclic amines) is 1. The van der Waals surface area contributed by atoms with Gasteiger partial charge >= 0.3 is 5.97 Å². The maximum absolute atomic E-state index is 13.7. The quantitative estimate of drug-likeness (QED) is 0.221. The minimum Gasteiger partial charge on any atom is -0.456 e. The average molecular weight is 594 g/mol. The smallest absolute Gasteiger partial charge is 0.329 e. The summed E-state index contributed by atoms with van der Waals surface area (Å²) in [6.07, 6.45) is 6.39. The molecule has 2 aliphatic heterocycles. The zero-order valence-electron chi connectivity index (χ0n) is 27.3. The Balaban J connectivity index is 1.76. The van der Waals surface area contributed by atoms with E-state index in [1.807, 2.05) is 34.6 Å². The predicted molar refractivity (Wildman–Crippen MR) is 159 cm³/mol. The van der Waals surface area contributed by atoms with Gasteiger partial charge in [-0.15, -0.1) is 0 Å². The zero-order chi connectivity index (χ0) is 31.4. The van der Waals surface area contributed by atoms with Crippen LogP contribution in [0, 0.1) is 29.6 Å². The molecule has 2 heterocycles. The maximum Gasteiger partial charge on any atom is 0.329 e. The fourth-order valence-corrected chi connectivity index (χ4v) is 7.03. The van der Waals surface area contributed by atoms with E-state index < -0.39 is 47.6 Å². The van der Waals surface area contributed by atoms with Gasteiger partial charge in [0.05, 0.1) is 18.3 Å². The zero-order valence-corrected chi connectivity index (χ0v) is 27.3. The Hall–Kier alpha value is -1.81. The van der Waals surface area contributed by atoms with Gasteiger partial charge in [0.15, 0.2) is 0 Å². The van der Waals surface area contributed by atoms with E-state index in [1.165, 1.54) is 4.90 Å². The van der Waals surface area contributed by atoms with E-state index >= 15 is 0 Å². The lowest BCUT2D eigenvalue weighted by molar-refractivity contribution is -0.293. The van der Waals surface area contributed by atoms with E-state index in [4.69, 9.17) is 18.9 Å². The molecular formula is C33H55NO8. The Morgan fingerprint density at radius 3 is 2.24 bits per heavy atom. The number of nitrogens with zero attached hydrogens (tertiary/aromatic N) is 1. The highest BCUT2D eigenvalue weighted by Crippen LogP contribution is 2.38. The van der Waals surface area contributed by atoms with Crippen LogP contribution in [-0.2, 0) is 33.3 Å². The van der Waals surface area contributed by atoms with Gasteiger partial charge < -0.3 is 29.0 Å². The van der Waals surface area contributed by atoms with Crippen molar-refractivity contribution < 1.29 is 38.4 Å². The van der Waals surface area contributed by atoms with E-state index in [1.54, 1.807) is 21.1 Å². The van der Waals surface area contributed by atoms with Crippen LogP contribution in [0.15, 0.2) is 11.6 Å². The first-order chi connectivity index (χ1) is 19.7. The van der Waals surface area contributed by atoms with Gasteiger partial charge in [0.2, 0.25) is 5.79 Å². The number of esters is 1. The first kappa shape index (κ1) is 34.7. The highest BCUT2D eigenvalue weighted by molar-refractivity contribution is 6.39. The summed E-state index contributed by atoms with van der Waals surface area (Å²) in [7, 11) is 3.34. The Bertz CT molecular complexity index is 979. The first-order valence-corrected chi connectivity index (χ1v) is 15.9. The molecule has 9 atom stereocenters. The van der Waals surface area contributed by atoms with Gasteiger partial charge in [-0.1, -0.05) is 47.6 Å². The van der Waals surface area contributed by atoms with Gasteiger partial charge in [-0.3, -0.25) is 9.59 Å². The summed E-state index contributed by atoms with van der Waals surface area (Å²) >= 11 is 0. The topological polar surface area (TPSA) is 112 Å². The summed E-state index contributed by atoms with van der Waals surface area (Å²) in [5, 5.41) is 11.5. The fraction of sp³-hybridized carbons (Fsp3) is 0.848. The summed E-state index contributed by atoms with van der Waals surface area (Å²) in [5.41, 5.74) is 0.990. The van der Waals surface area contributed by atoms with E-state index in [0.717, 1.165) is 31.3 Å². The van der Waals surface area contributed by atoms with Crippen molar-refractivity contribution in [3.05, 3.63) is 11.6 Å². The van der Waals surface area contributed by atoms with Crippen LogP contribution in [-0.4, -0.2) is 84.7 Å². The lowest BCUT2D eigenvalue weighted by Gasteiger charge is -2.46. The van der Waals surface area contributed by atoms with E-state index in [0.29, 0.717) is 31.1 Å². The van der Waals surface area contributed by atoms with Gasteiger partial charge in [-0.25, -0.2) is 4.79 Å². The second kappa shape index (κ2) is 14.8. The van der Waals surface area contributed by atoms with Crippen LogP contribution in [0.1, 0.15) is 93.4 Å². The van der Waals surface area contributed by atoms with Crippen LogP contribution in [0.5, 0.6) is 0 Å². The van der Waals surface area contributed by atoms with Crippen molar-refractivity contribution in [2.24, 2.45) is 29.6 Å². The summed E-state index contributed by atoms with van der Waals surface area (Å²) in [6, 6.07) is -0.896. The highest BCUT2D eigenvalue weighted by atomic mass is 16.7. The van der Waals surface area contributed by atoms with Crippen molar-refractivity contribution in [1.29, 1.82) is 0 Å². The molecule has 240 valence electrons. The Kier molecular flexibility index (Phi) is 12.2. The number of carbonyl (C=O) groups is 3. The third kappa shape index (κ3) is 7.63. The number of hydrogen-bond donors (Lipinski definition) is 1. The third-order valence-electron chi connectivity index (χ3n) is 9.71. The van der Waals surface area contributed by atoms with Crippen LogP contribution in [0.25, 0.3) is 0 Å². The van der Waals surface area contributed by atoms with Crippen molar-refractivity contribution in [2.75, 3.05) is 20.8 Å². The van der Waals surface area contributed by atoms with Gasteiger partial charge in [0.1, 0.15) is 12.1 Å². The molecule has 3 rings (SSSR count). The third-order valence-corrected chi connectivity index (χ3v) is 9.71. The second-order valence-electron chi connectivity index (χ2n) is 13.6. The molecule has 3 fully saturated rings. The predicted octanol–water partition coefficient (Wildman–Crippen LogP) is 4.69. The number of carbonyl (C=O) groups excluding carboxylic acids is 3. The molecule has 0 aromatic heterocycles. The molecule has 0 spiro atoms. The molecule has 0 aromatic carbocycles. The van der Waals surface area contributed by atoms with Crippen LogP contribution in [0.3, 0.4) is 0 Å². The largest absolute Gasteiger partial charge is 0.456 e. The molecule has 42 heavy (non-hydrogen) atoms. The lowest BCUT2D eigenvalue weighted by Crippen LogP contribution is -2.63. The van der Waals surface area contributed by atoms with Crippen molar-refractivity contribution in [3.63, 3.8) is 0 Å². The SMILES string of the molecule is COC1CC(/C=C(\C)C(OC(=O)C2CCCCN2C(=O)C(=O)C2(O)OC(C(C)C)C(OC)CC2C)C(C)C)CCC1C. The molecule has 9 heteroatoms. The molecule has 1 amide bonds. The summed E-state index contributed by atoms with van der Waals surface area (Å²) in [5.74, 6) is -4.55. The highest BCUT2D eigenvalue weighted by Gasteiger charge is 2.55. The molecular weight excluding hydrogens is 538 g/mol. The van der Waals surface area contributed by atoms with Gasteiger partial charge in [0.25, 0.3) is 11.7 Å². The maximum atomic E-state index is 13.7. The Morgan fingerprint density at radius 1 is 0.976 bits per heavy atom. The molecule has 0 aromatic rings. The Morgan fingerprint density at radius 2 is 1.64 bits per heavy atom. The minimum atomic E-state index is -2.29. The number of aliphatic hydroxyl groups is 1. The molecule has 3 aliphatic rings. The summed E-state index contributed by atoms with van der Waals surface area (Å²) in [4.78, 5) is 42.2. The van der Waals surface area contributed by atoms with E-state index in [2.05, 4.69) is 13.0 Å². The van der Waals surface area contributed by atoms with Crippen LogP contribution in [0.2, 0.25) is 0 Å². The molecule has 0 bridgehead atoms. The number of piperidine rings is 1. The Labute approximate surface area is 252 Å². The number of ether oxygens (including phenoxy) is 4. The standard InChI is InChI=1S/C33H55NO8/c1-19(2)28(22(6)16-24-14-13-21(5)26(18-24)39-8)41-32(37)25-12-10-11-15-34(25)31(36)30(35)33(38)23(7)17-27(40-9)29(42-33)20(3)4/h16,19-21,23-29,38H,10-15,17-18H2,1-9H3/b22-16+. The number of allylic oxidation sites excluding steroid dienone is 1. The van der Waals surface area contributed by atoms with Crippen molar-refractivity contribution in [1.82, 2.24) is 4.90 Å². The van der Waals surface area contributed by atoms with Crippen LogP contribution >= 0.6 is 0 Å². The van der Waals surface area contributed by atoms with Gasteiger partial charge in [-0.05, 0) is 81.1 Å². The average Bonchev–Trinajstić information content (AvgIpc) is 2.96. The molecule has 1 saturated carbocycles. The second-order valence-corrected chi connectivity index (χ2v) is 13.6. The summed E-state index contributed by atoms with van der Waals surface area (Å²) in [6.45, 7) is 14.0. The van der Waals surface area contributed by atoms with Crippen molar-refractivity contribution in [3.8, 4) is 0 Å². The van der Waals surface area contributed by atoms with Crippen molar-refractivity contribution >= 4 is 17.7 Å². The van der Waals surface area contributed by atoms with Crippen LogP contribution in [0.4, 0.5) is 0 Å². The van der Waals surface area contributed by atoms with Gasteiger partial charge in [-0.2, -0.15) is 0 Å². The summed E-state index contributed by atoms with van der Waals surface area (Å²) < 4.78 is 23.3. The van der Waals surface area contributed by atoms with Crippen molar-refractivity contribution in [2.45, 2.75) is 130 Å². The number of hydrogen-bond acceptors (Lipinski definition) is 8. The number of amides is 1. The molecule has 9 nitrogen and oxygen atoms in total. The molecule has 9 unspecified atom stereocenters. The lowest BCUT2D eigenvalue weighted by atomic mass is 9.79. The number of methoxy groups -OCH3 is 2. The molecule has 2 saturated heterocycles. The molecule has 1 N–H and O–H groups in total. The molecule has 1 aliphatic carbocycles. The molecule has 0 radical (unpaired) electrons. The monoisotopic (exact) mass is 593 g/mol. The fourth-order valence-electron chi connectivity index (χ4n) is 7.03. The van der Waals surface area contributed by atoms with Crippen LogP contribution < -0.4 is 0 Å². The number of ketones is 1.